The van der Waals surface area contributed by atoms with Crippen LogP contribution >= 0.6 is 0 Å². The van der Waals surface area contributed by atoms with Gasteiger partial charge in [0.2, 0.25) is 0 Å². The minimum absolute atomic E-state index is 0.616. The highest BCUT2D eigenvalue weighted by atomic mass is 16.5. The van der Waals surface area contributed by atoms with Gasteiger partial charge in [0.1, 0.15) is 0 Å². The monoisotopic (exact) mass is 357 g/mol. The average Bonchev–Trinajstić information content (AvgIpc) is 2.70. The van der Waals surface area contributed by atoms with Gasteiger partial charge in [-0.2, -0.15) is 0 Å². The summed E-state index contributed by atoms with van der Waals surface area (Å²) in [6, 6.07) is 22.9. The molecule has 0 spiro atoms. The van der Waals surface area contributed by atoms with E-state index in [0.717, 1.165) is 29.0 Å². The molecule has 1 aromatic heterocycles. The first kappa shape index (κ1) is 17.3. The summed E-state index contributed by atoms with van der Waals surface area (Å²) in [5, 5.41) is 2.39. The smallest absolute Gasteiger partial charge is 0.161 e. The summed E-state index contributed by atoms with van der Waals surface area (Å²) in [4.78, 5) is 4.82. The molecule has 0 atom stereocenters. The third-order valence-corrected chi connectivity index (χ3v) is 4.69. The Hall–Kier alpha value is -3.07. The molecule has 0 aliphatic heterocycles. The van der Waals surface area contributed by atoms with Crippen LogP contribution in [0.25, 0.3) is 21.8 Å². The quantitative estimate of drug-likeness (QED) is 0.410. The van der Waals surface area contributed by atoms with Gasteiger partial charge >= 0.3 is 0 Å². The van der Waals surface area contributed by atoms with E-state index in [0.29, 0.717) is 13.2 Å². The van der Waals surface area contributed by atoms with Crippen LogP contribution in [0, 0.1) is 0 Å². The Labute approximate surface area is 159 Å². The van der Waals surface area contributed by atoms with Crippen LogP contribution in [0.1, 0.15) is 25.0 Å². The molecule has 0 radical (unpaired) electrons. The lowest BCUT2D eigenvalue weighted by molar-refractivity contribution is 0.287. The topological polar surface area (TPSA) is 31.4 Å². The number of hydrogen-bond donors (Lipinski definition) is 0. The second kappa shape index (κ2) is 7.67. The molecular formula is C24H23NO2. The zero-order valence-electron chi connectivity index (χ0n) is 15.7. The van der Waals surface area contributed by atoms with E-state index >= 15 is 0 Å². The maximum absolute atomic E-state index is 5.81. The number of aromatic nitrogens is 1. The van der Waals surface area contributed by atoms with Crippen LogP contribution in [0.3, 0.4) is 0 Å². The first-order chi connectivity index (χ1) is 13.3. The van der Waals surface area contributed by atoms with Crippen LogP contribution in [0.15, 0.2) is 66.7 Å². The fraction of sp³-hybridized carbons (Fsp3) is 0.208. The van der Waals surface area contributed by atoms with Crippen molar-refractivity contribution >= 4 is 21.8 Å². The van der Waals surface area contributed by atoms with Crippen molar-refractivity contribution < 1.29 is 9.47 Å². The van der Waals surface area contributed by atoms with Gasteiger partial charge in [-0.1, -0.05) is 42.5 Å². The van der Waals surface area contributed by atoms with Gasteiger partial charge in [0.15, 0.2) is 11.5 Å². The second-order valence-electron chi connectivity index (χ2n) is 6.45. The highest BCUT2D eigenvalue weighted by molar-refractivity contribution is 5.97. The van der Waals surface area contributed by atoms with Crippen molar-refractivity contribution in [3.05, 3.63) is 77.9 Å². The Bertz CT molecular complexity index is 1030. The molecule has 0 aliphatic carbocycles. The number of pyridine rings is 1. The average molecular weight is 357 g/mol. The molecule has 3 aromatic carbocycles. The van der Waals surface area contributed by atoms with Crippen LogP contribution in [-0.4, -0.2) is 18.2 Å². The molecule has 0 saturated carbocycles. The molecule has 0 aliphatic rings. The van der Waals surface area contributed by atoms with E-state index in [-0.39, 0.29) is 0 Å². The number of hydrogen-bond acceptors (Lipinski definition) is 3. The standard InChI is InChI=1S/C24H23NO2/c1-3-26-23-14-13-17(16-24(23)27-4-2)15-20-18-9-5-7-11-21(18)25-22-12-8-6-10-19(20)22/h5-14,16H,3-4,15H2,1-2H3. The molecule has 4 rings (SSSR count). The summed E-state index contributed by atoms with van der Waals surface area (Å²) >= 11 is 0. The highest BCUT2D eigenvalue weighted by Crippen LogP contribution is 2.32. The van der Waals surface area contributed by atoms with Gasteiger partial charge in [-0.25, -0.2) is 4.98 Å². The van der Waals surface area contributed by atoms with E-state index < -0.39 is 0 Å². The highest BCUT2D eigenvalue weighted by Gasteiger charge is 2.12. The maximum Gasteiger partial charge on any atom is 0.161 e. The molecule has 0 saturated heterocycles. The summed E-state index contributed by atoms with van der Waals surface area (Å²) in [6.07, 6.45) is 0.816. The van der Waals surface area contributed by atoms with Crippen LogP contribution in [-0.2, 0) is 6.42 Å². The van der Waals surface area contributed by atoms with Gasteiger partial charge < -0.3 is 9.47 Å². The van der Waals surface area contributed by atoms with Crippen LogP contribution in [0.4, 0.5) is 0 Å². The first-order valence-corrected chi connectivity index (χ1v) is 9.45. The fourth-order valence-corrected chi connectivity index (χ4v) is 3.53. The Morgan fingerprint density at radius 1 is 0.704 bits per heavy atom. The molecule has 0 amide bonds. The van der Waals surface area contributed by atoms with E-state index in [4.69, 9.17) is 14.5 Å². The Morgan fingerprint density at radius 2 is 1.30 bits per heavy atom. The number of fused-ring (bicyclic) bond motifs is 2. The zero-order chi connectivity index (χ0) is 18.6. The predicted octanol–water partition coefficient (Wildman–Crippen LogP) is 5.78. The lowest BCUT2D eigenvalue weighted by atomic mass is 9.96. The largest absolute Gasteiger partial charge is 0.490 e. The number of rotatable bonds is 6. The molecule has 0 unspecified atom stereocenters. The number of benzene rings is 3. The molecule has 3 nitrogen and oxygen atoms in total. The molecule has 0 N–H and O–H groups in total. The fourth-order valence-electron chi connectivity index (χ4n) is 3.53. The van der Waals surface area contributed by atoms with Gasteiger partial charge in [-0.3, -0.25) is 0 Å². The Kier molecular flexibility index (Phi) is 4.93. The summed E-state index contributed by atoms with van der Waals surface area (Å²) in [6.45, 7) is 5.22. The van der Waals surface area contributed by atoms with Gasteiger partial charge in [0.05, 0.1) is 24.2 Å². The minimum Gasteiger partial charge on any atom is -0.490 e. The van der Waals surface area contributed by atoms with Gasteiger partial charge in [-0.15, -0.1) is 0 Å². The van der Waals surface area contributed by atoms with E-state index in [1.54, 1.807) is 0 Å². The number of nitrogens with zero attached hydrogens (tertiary/aromatic N) is 1. The van der Waals surface area contributed by atoms with Crippen LogP contribution in [0.2, 0.25) is 0 Å². The van der Waals surface area contributed by atoms with Crippen molar-refractivity contribution in [2.24, 2.45) is 0 Å². The molecule has 27 heavy (non-hydrogen) atoms. The summed E-state index contributed by atoms with van der Waals surface area (Å²) < 4.78 is 11.5. The van der Waals surface area contributed by atoms with Crippen molar-refractivity contribution in [3.8, 4) is 11.5 Å². The second-order valence-corrected chi connectivity index (χ2v) is 6.45. The van der Waals surface area contributed by atoms with Crippen molar-refractivity contribution in [2.75, 3.05) is 13.2 Å². The Morgan fingerprint density at radius 3 is 1.93 bits per heavy atom. The maximum atomic E-state index is 5.81. The lowest BCUT2D eigenvalue weighted by Gasteiger charge is -2.14. The van der Waals surface area contributed by atoms with Crippen molar-refractivity contribution in [2.45, 2.75) is 20.3 Å². The van der Waals surface area contributed by atoms with Crippen molar-refractivity contribution in [1.82, 2.24) is 4.98 Å². The van der Waals surface area contributed by atoms with Gasteiger partial charge in [-0.05, 0) is 55.7 Å². The van der Waals surface area contributed by atoms with Gasteiger partial charge in [0.25, 0.3) is 0 Å². The first-order valence-electron chi connectivity index (χ1n) is 9.45. The van der Waals surface area contributed by atoms with Crippen LogP contribution in [0.5, 0.6) is 11.5 Å². The molecule has 1 heterocycles. The molecular weight excluding hydrogens is 334 g/mol. The molecule has 4 aromatic rings. The summed E-state index contributed by atoms with van der Waals surface area (Å²) in [5.74, 6) is 1.60. The van der Waals surface area contributed by atoms with Crippen LogP contribution < -0.4 is 9.47 Å². The third kappa shape index (κ3) is 3.45. The van der Waals surface area contributed by atoms with E-state index in [9.17, 15) is 0 Å². The van der Waals surface area contributed by atoms with E-state index in [1.807, 2.05) is 32.0 Å². The molecule has 0 bridgehead atoms. The lowest BCUT2D eigenvalue weighted by Crippen LogP contribution is -2.00. The Balaban J connectivity index is 1.84. The minimum atomic E-state index is 0.616. The summed E-state index contributed by atoms with van der Waals surface area (Å²) in [5.41, 5.74) is 4.55. The van der Waals surface area contributed by atoms with Crippen molar-refractivity contribution in [3.63, 3.8) is 0 Å². The molecule has 136 valence electrons. The number of ether oxygens (including phenoxy) is 2. The van der Waals surface area contributed by atoms with Gasteiger partial charge in [0, 0.05) is 10.8 Å². The molecule has 0 fully saturated rings. The van der Waals surface area contributed by atoms with E-state index in [1.165, 1.54) is 21.9 Å². The SMILES string of the molecule is CCOc1ccc(Cc2c3ccccc3nc3ccccc23)cc1OCC. The normalized spacial score (nSPS) is 11.0. The van der Waals surface area contributed by atoms with Crippen molar-refractivity contribution in [1.29, 1.82) is 0 Å². The molecule has 3 heteroatoms. The number of para-hydroxylation sites is 2. The zero-order valence-corrected chi connectivity index (χ0v) is 15.7. The summed E-state index contributed by atoms with van der Waals surface area (Å²) in [7, 11) is 0. The van der Waals surface area contributed by atoms with E-state index in [2.05, 4.69) is 48.5 Å². The predicted molar refractivity (Wildman–Crippen MR) is 111 cm³/mol. The third-order valence-electron chi connectivity index (χ3n) is 4.69.